The fraction of sp³-hybridized carbons (Fsp3) is 0.500. The van der Waals surface area contributed by atoms with Crippen molar-refractivity contribution in [3.05, 3.63) is 34.3 Å². The van der Waals surface area contributed by atoms with E-state index in [2.05, 4.69) is 15.9 Å². The van der Waals surface area contributed by atoms with Crippen LogP contribution in [-0.2, 0) is 20.9 Å². The third-order valence-electron chi connectivity index (χ3n) is 4.08. The van der Waals surface area contributed by atoms with Gasteiger partial charge in [-0.15, -0.1) is 0 Å². The highest BCUT2D eigenvalue weighted by Gasteiger charge is 2.41. The van der Waals surface area contributed by atoms with Crippen LogP contribution in [-0.4, -0.2) is 40.1 Å². The molecule has 1 saturated carbocycles. The Hall–Kier alpha value is -1.40. The second-order valence-electron chi connectivity index (χ2n) is 5.86. The summed E-state index contributed by atoms with van der Waals surface area (Å²) >= 11 is 3.44. The average molecular weight is 368 g/mol. The Morgan fingerprint density at radius 3 is 2.55 bits per heavy atom. The van der Waals surface area contributed by atoms with E-state index in [0.717, 1.165) is 22.9 Å². The first kappa shape index (κ1) is 15.5. The molecule has 0 radical (unpaired) electrons. The van der Waals surface area contributed by atoms with Gasteiger partial charge in [-0.05, 0) is 43.4 Å². The van der Waals surface area contributed by atoms with Crippen LogP contribution in [0.2, 0.25) is 0 Å². The molecule has 3 rings (SSSR count). The minimum Gasteiger partial charge on any atom is -0.479 e. The van der Waals surface area contributed by atoms with Gasteiger partial charge in [-0.2, -0.15) is 0 Å². The number of carboxylic acids is 1. The maximum Gasteiger partial charge on any atom is 0.332 e. The Kier molecular flexibility index (Phi) is 4.49. The molecular weight excluding hydrogens is 350 g/mol. The maximum atomic E-state index is 12.7. The predicted molar refractivity (Wildman–Crippen MR) is 83.2 cm³/mol. The van der Waals surface area contributed by atoms with Crippen LogP contribution in [0.15, 0.2) is 28.7 Å². The molecule has 118 valence electrons. The normalized spacial score (nSPS) is 24.2. The quantitative estimate of drug-likeness (QED) is 0.868. The smallest absolute Gasteiger partial charge is 0.332 e. The molecule has 0 spiro atoms. The molecule has 0 bridgehead atoms. The molecule has 1 saturated heterocycles. The summed E-state index contributed by atoms with van der Waals surface area (Å²) in [6.45, 7) is 0.542. The number of amides is 1. The van der Waals surface area contributed by atoms with E-state index in [4.69, 9.17) is 9.84 Å². The van der Waals surface area contributed by atoms with Crippen LogP contribution >= 0.6 is 15.9 Å². The minimum atomic E-state index is -0.986. The van der Waals surface area contributed by atoms with Crippen LogP contribution in [0.3, 0.4) is 0 Å². The highest BCUT2D eigenvalue weighted by atomic mass is 79.9. The van der Waals surface area contributed by atoms with E-state index in [1.54, 1.807) is 0 Å². The average Bonchev–Trinajstić information content (AvgIpc) is 3.19. The lowest BCUT2D eigenvalue weighted by atomic mass is 10.1. The molecule has 0 aromatic heterocycles. The lowest BCUT2D eigenvalue weighted by Gasteiger charge is -2.25. The summed E-state index contributed by atoms with van der Waals surface area (Å²) in [5.41, 5.74) is 1.06. The number of ether oxygens (including phenoxy) is 1. The molecule has 1 aliphatic heterocycles. The molecular formula is C16H18BrNO4. The molecule has 1 heterocycles. The number of carbonyl (C=O) groups excluding carboxylic acids is 1. The van der Waals surface area contributed by atoms with Crippen molar-refractivity contribution >= 4 is 27.8 Å². The van der Waals surface area contributed by atoms with Crippen molar-refractivity contribution in [2.24, 2.45) is 0 Å². The largest absolute Gasteiger partial charge is 0.479 e. The zero-order valence-electron chi connectivity index (χ0n) is 12.1. The number of carboxylic acid groups (broad SMARTS) is 1. The standard InChI is InChI=1S/C16H18BrNO4/c17-11-3-1-2-10(8-11)9-18(12-4-5-12)15(19)13-6-7-14(22-13)16(20)21/h1-3,8,12-14H,4-7,9H2,(H,20,21)/t13-,14+/m0/s1. The lowest BCUT2D eigenvalue weighted by Crippen LogP contribution is -2.40. The van der Waals surface area contributed by atoms with Crippen molar-refractivity contribution in [2.45, 2.75) is 50.5 Å². The van der Waals surface area contributed by atoms with Crippen molar-refractivity contribution in [1.29, 1.82) is 0 Å². The van der Waals surface area contributed by atoms with E-state index >= 15 is 0 Å². The van der Waals surface area contributed by atoms with Crippen molar-refractivity contribution in [3.8, 4) is 0 Å². The van der Waals surface area contributed by atoms with Crippen LogP contribution in [0.25, 0.3) is 0 Å². The van der Waals surface area contributed by atoms with Gasteiger partial charge in [-0.3, -0.25) is 4.79 Å². The third kappa shape index (κ3) is 3.50. The van der Waals surface area contributed by atoms with Crippen molar-refractivity contribution in [2.75, 3.05) is 0 Å². The Bertz CT molecular complexity index is 587. The summed E-state index contributed by atoms with van der Waals surface area (Å²) in [5, 5.41) is 8.98. The molecule has 1 aromatic carbocycles. The topological polar surface area (TPSA) is 66.8 Å². The van der Waals surface area contributed by atoms with E-state index in [-0.39, 0.29) is 11.9 Å². The van der Waals surface area contributed by atoms with Gasteiger partial charge in [0.1, 0.15) is 6.10 Å². The number of hydrogen-bond donors (Lipinski definition) is 1. The van der Waals surface area contributed by atoms with Crippen LogP contribution in [0, 0.1) is 0 Å². The number of aliphatic carboxylic acids is 1. The van der Waals surface area contributed by atoms with E-state index in [0.29, 0.717) is 19.4 Å². The van der Waals surface area contributed by atoms with Gasteiger partial charge >= 0.3 is 5.97 Å². The summed E-state index contributed by atoms with van der Waals surface area (Å²) < 4.78 is 6.39. The van der Waals surface area contributed by atoms with Crippen molar-refractivity contribution in [1.82, 2.24) is 4.90 Å². The van der Waals surface area contributed by atoms with Gasteiger partial charge in [0.25, 0.3) is 5.91 Å². The molecule has 5 nitrogen and oxygen atoms in total. The molecule has 1 aliphatic carbocycles. The monoisotopic (exact) mass is 367 g/mol. The Morgan fingerprint density at radius 1 is 1.23 bits per heavy atom. The summed E-state index contributed by atoms with van der Waals surface area (Å²) in [5.74, 6) is -1.06. The van der Waals surface area contributed by atoms with Gasteiger partial charge < -0.3 is 14.7 Å². The molecule has 6 heteroatoms. The fourth-order valence-corrected chi connectivity index (χ4v) is 3.24. The second-order valence-corrected chi connectivity index (χ2v) is 6.77. The number of halogens is 1. The first-order chi connectivity index (χ1) is 10.5. The van der Waals surface area contributed by atoms with Crippen LogP contribution in [0.1, 0.15) is 31.2 Å². The molecule has 1 amide bonds. The van der Waals surface area contributed by atoms with E-state index < -0.39 is 18.2 Å². The van der Waals surface area contributed by atoms with Gasteiger partial charge in [-0.1, -0.05) is 28.1 Å². The van der Waals surface area contributed by atoms with E-state index in [1.165, 1.54) is 0 Å². The highest BCUT2D eigenvalue weighted by molar-refractivity contribution is 9.10. The first-order valence-electron chi connectivity index (χ1n) is 7.48. The number of benzene rings is 1. The van der Waals surface area contributed by atoms with Gasteiger partial charge in [0.2, 0.25) is 0 Å². The molecule has 2 atom stereocenters. The van der Waals surface area contributed by atoms with Crippen molar-refractivity contribution in [3.63, 3.8) is 0 Å². The first-order valence-corrected chi connectivity index (χ1v) is 8.27. The zero-order chi connectivity index (χ0) is 15.7. The zero-order valence-corrected chi connectivity index (χ0v) is 13.7. The minimum absolute atomic E-state index is 0.0776. The fourth-order valence-electron chi connectivity index (χ4n) is 2.79. The maximum absolute atomic E-state index is 12.7. The Balaban J connectivity index is 1.69. The van der Waals surface area contributed by atoms with E-state index in [1.807, 2.05) is 29.2 Å². The number of rotatable bonds is 5. The summed E-state index contributed by atoms with van der Waals surface area (Å²) in [6.07, 6.45) is 1.44. The summed E-state index contributed by atoms with van der Waals surface area (Å²) in [7, 11) is 0. The second kappa shape index (κ2) is 6.38. The lowest BCUT2D eigenvalue weighted by molar-refractivity contribution is -0.155. The third-order valence-corrected chi connectivity index (χ3v) is 4.58. The van der Waals surface area contributed by atoms with Gasteiger partial charge in [-0.25, -0.2) is 4.79 Å². The molecule has 1 aromatic rings. The Morgan fingerprint density at radius 2 is 1.95 bits per heavy atom. The van der Waals surface area contributed by atoms with Gasteiger partial charge in [0, 0.05) is 17.1 Å². The summed E-state index contributed by atoms with van der Waals surface area (Å²) in [4.78, 5) is 25.5. The molecule has 1 N–H and O–H groups in total. The van der Waals surface area contributed by atoms with Crippen LogP contribution < -0.4 is 0 Å². The van der Waals surface area contributed by atoms with Crippen LogP contribution in [0.4, 0.5) is 0 Å². The molecule has 22 heavy (non-hydrogen) atoms. The van der Waals surface area contributed by atoms with Crippen LogP contribution in [0.5, 0.6) is 0 Å². The van der Waals surface area contributed by atoms with Crippen molar-refractivity contribution < 1.29 is 19.4 Å². The van der Waals surface area contributed by atoms with Gasteiger partial charge in [0.15, 0.2) is 6.10 Å². The number of hydrogen-bond acceptors (Lipinski definition) is 3. The number of carbonyl (C=O) groups is 2. The Labute approximate surface area is 137 Å². The number of nitrogens with zero attached hydrogens (tertiary/aromatic N) is 1. The molecule has 0 unspecified atom stereocenters. The SMILES string of the molecule is O=C(O)[C@H]1CC[C@@H](C(=O)N(Cc2cccc(Br)c2)C2CC2)O1. The predicted octanol–water partition coefficient (Wildman–Crippen LogP) is 2.57. The molecule has 2 aliphatic rings. The van der Waals surface area contributed by atoms with E-state index in [9.17, 15) is 9.59 Å². The summed E-state index contributed by atoms with van der Waals surface area (Å²) in [6, 6.07) is 8.14. The molecule has 2 fully saturated rings. The highest BCUT2D eigenvalue weighted by Crippen LogP contribution is 2.32. The van der Waals surface area contributed by atoms with Gasteiger partial charge in [0.05, 0.1) is 0 Å².